The van der Waals surface area contributed by atoms with Gasteiger partial charge in [0.1, 0.15) is 17.4 Å². The van der Waals surface area contributed by atoms with Gasteiger partial charge in [-0.05, 0) is 6.08 Å². The van der Waals surface area contributed by atoms with Crippen LogP contribution in [0.15, 0.2) is 29.1 Å². The van der Waals surface area contributed by atoms with Gasteiger partial charge < -0.3 is 9.57 Å². The van der Waals surface area contributed by atoms with E-state index in [9.17, 15) is 4.79 Å². The van der Waals surface area contributed by atoms with Crippen molar-refractivity contribution in [1.29, 1.82) is 0 Å². The van der Waals surface area contributed by atoms with E-state index in [0.717, 1.165) is 0 Å². The van der Waals surface area contributed by atoms with Crippen LogP contribution in [0.5, 0.6) is 0 Å². The Labute approximate surface area is 69.1 Å². The Kier molecular flexibility index (Phi) is 1.46. The summed E-state index contributed by atoms with van der Waals surface area (Å²) in [6.45, 7) is 0. The van der Waals surface area contributed by atoms with E-state index < -0.39 is 0 Å². The van der Waals surface area contributed by atoms with Gasteiger partial charge in [0.15, 0.2) is 0 Å². The van der Waals surface area contributed by atoms with E-state index in [1.54, 1.807) is 25.3 Å². The summed E-state index contributed by atoms with van der Waals surface area (Å²) < 4.78 is 4.96. The molecule has 0 fully saturated rings. The minimum Gasteiger partial charge on any atom is -0.497 e. The second-order valence-electron chi connectivity index (χ2n) is 2.51. The van der Waals surface area contributed by atoms with Crippen LogP contribution in [0.25, 0.3) is 0 Å². The summed E-state index contributed by atoms with van der Waals surface area (Å²) in [4.78, 5) is 15.4. The van der Waals surface area contributed by atoms with Gasteiger partial charge in [-0.3, -0.25) is 0 Å². The van der Waals surface area contributed by atoms with E-state index in [1.807, 2.05) is 0 Å². The fourth-order valence-corrected chi connectivity index (χ4v) is 1.14. The van der Waals surface area contributed by atoms with Crippen molar-refractivity contribution in [2.24, 2.45) is 11.1 Å². The number of hydrogen-bond donors (Lipinski definition) is 0. The van der Waals surface area contributed by atoms with Crippen molar-refractivity contribution in [3.05, 3.63) is 24.0 Å². The summed E-state index contributed by atoms with van der Waals surface area (Å²) in [6, 6.07) is 0. The van der Waals surface area contributed by atoms with E-state index in [-0.39, 0.29) is 11.9 Å². The zero-order valence-electron chi connectivity index (χ0n) is 6.48. The van der Waals surface area contributed by atoms with Crippen molar-refractivity contribution < 1.29 is 14.4 Å². The Morgan fingerprint density at radius 1 is 1.67 bits per heavy atom. The van der Waals surface area contributed by atoms with Gasteiger partial charge >= 0.3 is 5.97 Å². The maximum Gasteiger partial charge on any atom is 0.347 e. The van der Waals surface area contributed by atoms with E-state index in [4.69, 9.17) is 4.74 Å². The molecule has 0 saturated carbocycles. The number of oxime groups is 1. The minimum absolute atomic E-state index is 0.326. The molecule has 2 rings (SSSR count). The van der Waals surface area contributed by atoms with E-state index in [1.165, 1.54) is 0 Å². The minimum atomic E-state index is -0.330. The lowest BCUT2D eigenvalue weighted by molar-refractivity contribution is -0.142. The van der Waals surface area contributed by atoms with Crippen LogP contribution in [0.4, 0.5) is 0 Å². The molecule has 0 radical (unpaired) electrons. The van der Waals surface area contributed by atoms with Gasteiger partial charge in [0.2, 0.25) is 0 Å². The molecule has 0 amide bonds. The molecular formula is C8H7NO3. The SMILES string of the molecule is COC1=CC2=NOC(=O)C2C=C1. The number of carbonyl (C=O) groups is 1. The third-order valence-corrected chi connectivity index (χ3v) is 1.79. The number of methoxy groups -OCH3 is 1. The monoisotopic (exact) mass is 165 g/mol. The van der Waals surface area contributed by atoms with Gasteiger partial charge in [-0.15, -0.1) is 0 Å². The maximum atomic E-state index is 10.9. The van der Waals surface area contributed by atoms with Gasteiger partial charge in [-0.25, -0.2) is 4.79 Å². The smallest absolute Gasteiger partial charge is 0.347 e. The topological polar surface area (TPSA) is 47.9 Å². The number of carbonyl (C=O) groups excluding carboxylic acids is 1. The molecule has 1 atom stereocenters. The van der Waals surface area contributed by atoms with Gasteiger partial charge in [0, 0.05) is 6.08 Å². The van der Waals surface area contributed by atoms with E-state index in [0.29, 0.717) is 11.5 Å². The largest absolute Gasteiger partial charge is 0.497 e. The van der Waals surface area contributed by atoms with Crippen molar-refractivity contribution in [2.75, 3.05) is 7.11 Å². The molecule has 0 aromatic heterocycles. The molecule has 0 aromatic rings. The van der Waals surface area contributed by atoms with Crippen LogP contribution >= 0.6 is 0 Å². The Morgan fingerprint density at radius 3 is 3.25 bits per heavy atom. The van der Waals surface area contributed by atoms with Crippen LogP contribution in [0.2, 0.25) is 0 Å². The van der Waals surface area contributed by atoms with Crippen LogP contribution < -0.4 is 0 Å². The number of fused-ring (bicyclic) bond motifs is 1. The van der Waals surface area contributed by atoms with Crippen LogP contribution in [-0.2, 0) is 14.4 Å². The van der Waals surface area contributed by atoms with Crippen molar-refractivity contribution in [1.82, 2.24) is 0 Å². The molecule has 12 heavy (non-hydrogen) atoms. The van der Waals surface area contributed by atoms with E-state index in [2.05, 4.69) is 9.99 Å². The summed E-state index contributed by atoms with van der Waals surface area (Å²) in [5.41, 5.74) is 0.611. The Balaban J connectivity index is 2.30. The fraction of sp³-hybridized carbons (Fsp3) is 0.250. The van der Waals surface area contributed by atoms with Crippen LogP contribution in [0, 0.1) is 5.92 Å². The number of hydrogen-bond acceptors (Lipinski definition) is 4. The third kappa shape index (κ3) is 0.922. The van der Waals surface area contributed by atoms with Gasteiger partial charge in [-0.2, -0.15) is 0 Å². The van der Waals surface area contributed by atoms with Gasteiger partial charge in [0.05, 0.1) is 7.11 Å². The van der Waals surface area contributed by atoms with Gasteiger partial charge in [0.25, 0.3) is 0 Å². The summed E-state index contributed by atoms with van der Waals surface area (Å²) in [5, 5.41) is 3.60. The molecule has 4 nitrogen and oxygen atoms in total. The first-order chi connectivity index (χ1) is 5.81. The number of rotatable bonds is 1. The lowest BCUT2D eigenvalue weighted by atomic mass is 9.99. The predicted molar refractivity (Wildman–Crippen MR) is 41.2 cm³/mol. The quantitative estimate of drug-likeness (QED) is 0.535. The molecule has 1 unspecified atom stereocenters. The summed E-state index contributed by atoms with van der Waals surface area (Å²) in [7, 11) is 1.56. The number of allylic oxidation sites excluding steroid dienone is 2. The molecule has 1 aliphatic carbocycles. The van der Waals surface area contributed by atoms with Crippen molar-refractivity contribution in [2.45, 2.75) is 0 Å². The number of nitrogens with zero attached hydrogens (tertiary/aromatic N) is 1. The van der Waals surface area contributed by atoms with Gasteiger partial charge in [-0.1, -0.05) is 11.2 Å². The molecule has 2 aliphatic rings. The second kappa shape index (κ2) is 2.48. The van der Waals surface area contributed by atoms with Crippen molar-refractivity contribution in [3.63, 3.8) is 0 Å². The lowest BCUT2D eigenvalue weighted by Crippen LogP contribution is -2.17. The molecule has 0 aromatic carbocycles. The molecule has 0 N–H and O–H groups in total. The number of ether oxygens (including phenoxy) is 1. The highest BCUT2D eigenvalue weighted by Gasteiger charge is 2.31. The normalized spacial score (nSPS) is 25.8. The Morgan fingerprint density at radius 2 is 2.50 bits per heavy atom. The molecule has 1 aliphatic heterocycles. The Hall–Kier alpha value is -1.58. The molecule has 62 valence electrons. The predicted octanol–water partition coefficient (Wildman–Crippen LogP) is 0.616. The zero-order valence-corrected chi connectivity index (χ0v) is 6.48. The molecule has 0 bridgehead atoms. The molecule has 1 heterocycles. The highest BCUT2D eigenvalue weighted by atomic mass is 16.7. The summed E-state index contributed by atoms with van der Waals surface area (Å²) in [6.07, 6.45) is 5.14. The first-order valence-corrected chi connectivity index (χ1v) is 3.54. The third-order valence-electron chi connectivity index (χ3n) is 1.79. The maximum absolute atomic E-state index is 10.9. The highest BCUT2D eigenvalue weighted by Crippen LogP contribution is 2.20. The van der Waals surface area contributed by atoms with Crippen LogP contribution in [0.3, 0.4) is 0 Å². The standard InChI is InChI=1S/C8H7NO3/c1-11-5-2-3-6-7(4-5)9-12-8(6)10/h2-4,6H,1H3. The molecule has 0 saturated heterocycles. The average molecular weight is 165 g/mol. The highest BCUT2D eigenvalue weighted by molar-refractivity contribution is 6.13. The first kappa shape index (κ1) is 7.09. The first-order valence-electron chi connectivity index (χ1n) is 3.54. The average Bonchev–Trinajstić information content (AvgIpc) is 2.47. The zero-order chi connectivity index (χ0) is 8.55. The van der Waals surface area contributed by atoms with Crippen LogP contribution in [-0.4, -0.2) is 18.8 Å². The Bertz CT molecular complexity index is 314. The fourth-order valence-electron chi connectivity index (χ4n) is 1.14. The van der Waals surface area contributed by atoms with Crippen LogP contribution in [0.1, 0.15) is 0 Å². The van der Waals surface area contributed by atoms with E-state index >= 15 is 0 Å². The second-order valence-corrected chi connectivity index (χ2v) is 2.51. The van der Waals surface area contributed by atoms with Crippen molar-refractivity contribution >= 4 is 11.7 Å². The van der Waals surface area contributed by atoms with Crippen molar-refractivity contribution in [3.8, 4) is 0 Å². The molecule has 4 heteroatoms. The summed E-state index contributed by atoms with van der Waals surface area (Å²) >= 11 is 0. The summed E-state index contributed by atoms with van der Waals surface area (Å²) in [5.74, 6) is 0.0276. The molecule has 0 spiro atoms. The lowest BCUT2D eigenvalue weighted by Gasteiger charge is -2.07. The molecular weight excluding hydrogens is 158 g/mol.